The highest BCUT2D eigenvalue weighted by atomic mass is 35.5. The van der Waals surface area contributed by atoms with E-state index in [-0.39, 0.29) is 6.67 Å². The lowest BCUT2D eigenvalue weighted by atomic mass is 9.79. The molecule has 138 valence electrons. The molecule has 0 atom stereocenters. The quantitative estimate of drug-likeness (QED) is 0.439. The van der Waals surface area contributed by atoms with Crippen molar-refractivity contribution in [3.05, 3.63) is 71.3 Å². The van der Waals surface area contributed by atoms with Crippen molar-refractivity contribution in [3.63, 3.8) is 0 Å². The molecule has 0 nitrogen and oxygen atoms in total. The molecule has 2 heteroatoms. The smallest absolute Gasteiger partial charge is 0.0928 e. The molecule has 2 aromatic carbocycles. The van der Waals surface area contributed by atoms with Crippen LogP contribution in [0.15, 0.2) is 60.7 Å². The molecule has 0 N–H and O–H groups in total. The van der Waals surface area contributed by atoms with E-state index in [0.29, 0.717) is 12.3 Å². The van der Waals surface area contributed by atoms with Gasteiger partial charge in [0.15, 0.2) is 0 Å². The summed E-state index contributed by atoms with van der Waals surface area (Å²) in [5.41, 5.74) is 3.87. The average Bonchev–Trinajstić information content (AvgIpc) is 2.69. The number of allylic oxidation sites excluding steroid dienone is 2. The molecule has 0 aliphatic heterocycles. The first-order valence-corrected chi connectivity index (χ1v) is 10.2. The van der Waals surface area contributed by atoms with Gasteiger partial charge in [0.1, 0.15) is 0 Å². The first-order chi connectivity index (χ1) is 12.7. The fraction of sp³-hybridized carbons (Fsp3) is 0.417. The summed E-state index contributed by atoms with van der Waals surface area (Å²) in [6, 6.07) is 17.0. The molecule has 0 radical (unpaired) electrons. The minimum atomic E-state index is -0.233. The van der Waals surface area contributed by atoms with Crippen LogP contribution in [0.1, 0.15) is 44.1 Å². The second-order valence-corrected chi connectivity index (χ2v) is 7.87. The maximum Gasteiger partial charge on any atom is 0.0928 e. The predicted molar refractivity (Wildman–Crippen MR) is 110 cm³/mol. The summed E-state index contributed by atoms with van der Waals surface area (Å²) in [6.45, 7) is -0.233. The van der Waals surface area contributed by atoms with Crippen LogP contribution in [0.3, 0.4) is 0 Å². The summed E-state index contributed by atoms with van der Waals surface area (Å²) in [6.07, 6.45) is 12.4. The maximum absolute atomic E-state index is 12.2. The van der Waals surface area contributed by atoms with Gasteiger partial charge in [-0.25, -0.2) is 0 Å². The minimum absolute atomic E-state index is 0.233. The van der Waals surface area contributed by atoms with Gasteiger partial charge in [0.05, 0.1) is 6.67 Å². The monoisotopic (exact) mass is 370 g/mol. The number of halogens is 2. The van der Waals surface area contributed by atoms with E-state index in [1.165, 1.54) is 48.8 Å². The van der Waals surface area contributed by atoms with E-state index in [9.17, 15) is 4.39 Å². The largest absolute Gasteiger partial charge is 0.251 e. The molecule has 0 bridgehead atoms. The van der Waals surface area contributed by atoms with Gasteiger partial charge < -0.3 is 0 Å². The standard InChI is InChI=1S/C24H28ClF/c25-24-16-14-23(15-17-24)22-12-10-21(11-13-22)9-8-20-6-4-19(5-7-20)3-1-2-18-26/h1,3,10-17,19-20H,2,4-9,18H2/b3-1+/t19-,20-. The molecule has 1 aliphatic rings. The van der Waals surface area contributed by atoms with Crippen molar-refractivity contribution in [3.8, 4) is 11.1 Å². The molecule has 0 heterocycles. The average molecular weight is 371 g/mol. The molecule has 0 spiro atoms. The van der Waals surface area contributed by atoms with E-state index >= 15 is 0 Å². The fourth-order valence-electron chi connectivity index (χ4n) is 3.90. The van der Waals surface area contributed by atoms with Crippen molar-refractivity contribution < 1.29 is 4.39 Å². The Morgan fingerprint density at radius 3 is 2.12 bits per heavy atom. The van der Waals surface area contributed by atoms with Crippen LogP contribution in [0.5, 0.6) is 0 Å². The van der Waals surface area contributed by atoms with Crippen LogP contribution in [0.4, 0.5) is 4.39 Å². The zero-order valence-electron chi connectivity index (χ0n) is 15.3. The normalized spacial score (nSPS) is 20.5. The molecule has 1 aliphatic carbocycles. The molecule has 0 saturated heterocycles. The second kappa shape index (κ2) is 9.92. The first-order valence-electron chi connectivity index (χ1n) is 9.82. The van der Waals surface area contributed by atoms with Gasteiger partial charge in [0, 0.05) is 5.02 Å². The summed E-state index contributed by atoms with van der Waals surface area (Å²) in [7, 11) is 0. The number of hydrogen-bond acceptors (Lipinski definition) is 0. The van der Waals surface area contributed by atoms with Gasteiger partial charge in [-0.3, -0.25) is 4.39 Å². The molecular weight excluding hydrogens is 343 g/mol. The summed E-state index contributed by atoms with van der Waals surface area (Å²) in [5, 5.41) is 0.776. The van der Waals surface area contributed by atoms with Gasteiger partial charge in [0.25, 0.3) is 0 Å². The van der Waals surface area contributed by atoms with Crippen LogP contribution in [0.2, 0.25) is 5.02 Å². The summed E-state index contributed by atoms with van der Waals surface area (Å²) < 4.78 is 12.2. The molecule has 0 unspecified atom stereocenters. The topological polar surface area (TPSA) is 0 Å². The number of alkyl halides is 1. The van der Waals surface area contributed by atoms with E-state index in [0.717, 1.165) is 17.4 Å². The molecule has 1 saturated carbocycles. The van der Waals surface area contributed by atoms with Gasteiger partial charge in [-0.1, -0.05) is 60.2 Å². The highest BCUT2D eigenvalue weighted by molar-refractivity contribution is 6.30. The number of rotatable bonds is 7. The van der Waals surface area contributed by atoms with Gasteiger partial charge in [-0.05, 0) is 85.6 Å². The van der Waals surface area contributed by atoms with Crippen LogP contribution < -0.4 is 0 Å². The summed E-state index contributed by atoms with van der Waals surface area (Å²) >= 11 is 5.96. The molecule has 0 amide bonds. The van der Waals surface area contributed by atoms with Gasteiger partial charge in [-0.15, -0.1) is 0 Å². The molecule has 1 fully saturated rings. The van der Waals surface area contributed by atoms with Gasteiger partial charge in [-0.2, -0.15) is 0 Å². The Hall–Kier alpha value is -1.60. The Balaban J connectivity index is 1.45. The van der Waals surface area contributed by atoms with Crippen molar-refractivity contribution in [1.82, 2.24) is 0 Å². The third-order valence-corrected chi connectivity index (χ3v) is 5.80. The van der Waals surface area contributed by atoms with E-state index in [1.807, 2.05) is 18.2 Å². The molecule has 3 rings (SSSR count). The summed E-state index contributed by atoms with van der Waals surface area (Å²) in [5.74, 6) is 1.52. The highest BCUT2D eigenvalue weighted by Gasteiger charge is 2.19. The predicted octanol–water partition coefficient (Wildman–Crippen LogP) is 7.66. The first kappa shape index (κ1) is 19.2. The number of hydrogen-bond donors (Lipinski definition) is 0. The van der Waals surface area contributed by atoms with Crippen molar-refractivity contribution >= 4 is 11.6 Å². The van der Waals surface area contributed by atoms with Gasteiger partial charge >= 0.3 is 0 Å². The van der Waals surface area contributed by atoms with Gasteiger partial charge in [0.2, 0.25) is 0 Å². The minimum Gasteiger partial charge on any atom is -0.251 e. The Morgan fingerprint density at radius 1 is 0.885 bits per heavy atom. The van der Waals surface area contributed by atoms with E-state index in [2.05, 4.69) is 42.5 Å². The Morgan fingerprint density at radius 2 is 1.50 bits per heavy atom. The third kappa shape index (κ3) is 5.71. The highest BCUT2D eigenvalue weighted by Crippen LogP contribution is 2.32. The van der Waals surface area contributed by atoms with E-state index in [1.54, 1.807) is 0 Å². The molecule has 2 aromatic rings. The van der Waals surface area contributed by atoms with Crippen LogP contribution in [0, 0.1) is 11.8 Å². The molecular formula is C24H28ClF. The second-order valence-electron chi connectivity index (χ2n) is 7.43. The zero-order chi connectivity index (χ0) is 18.2. The van der Waals surface area contributed by atoms with E-state index in [4.69, 9.17) is 11.6 Å². The lowest BCUT2D eigenvalue weighted by Gasteiger charge is -2.26. The lowest BCUT2D eigenvalue weighted by Crippen LogP contribution is -2.13. The Kier molecular flexibility index (Phi) is 7.32. The third-order valence-electron chi connectivity index (χ3n) is 5.55. The van der Waals surface area contributed by atoms with Crippen molar-refractivity contribution in [2.75, 3.05) is 6.67 Å². The van der Waals surface area contributed by atoms with E-state index < -0.39 is 0 Å². The Bertz CT molecular complexity index is 679. The van der Waals surface area contributed by atoms with Crippen molar-refractivity contribution in [1.29, 1.82) is 0 Å². The summed E-state index contributed by atoms with van der Waals surface area (Å²) in [4.78, 5) is 0. The SMILES string of the molecule is FCC/C=C/[C@H]1CC[C@H](CCc2ccc(-c3ccc(Cl)cc3)cc2)CC1. The molecule has 26 heavy (non-hydrogen) atoms. The van der Waals surface area contributed by atoms with Crippen LogP contribution in [-0.2, 0) is 6.42 Å². The van der Waals surface area contributed by atoms with Crippen molar-refractivity contribution in [2.24, 2.45) is 11.8 Å². The van der Waals surface area contributed by atoms with Crippen LogP contribution >= 0.6 is 11.6 Å². The van der Waals surface area contributed by atoms with Crippen LogP contribution in [0.25, 0.3) is 11.1 Å². The van der Waals surface area contributed by atoms with Crippen LogP contribution in [-0.4, -0.2) is 6.67 Å². The zero-order valence-corrected chi connectivity index (χ0v) is 16.1. The lowest BCUT2D eigenvalue weighted by molar-refractivity contribution is 0.296. The van der Waals surface area contributed by atoms with Crippen molar-refractivity contribution in [2.45, 2.75) is 44.9 Å². The number of aryl methyl sites for hydroxylation is 1. The fourth-order valence-corrected chi connectivity index (χ4v) is 4.02. The molecule has 0 aromatic heterocycles. The maximum atomic E-state index is 12.2. The number of benzene rings is 2. The Labute approximate surface area is 162 Å².